The van der Waals surface area contributed by atoms with Crippen LogP contribution in [-0.2, 0) is 16.0 Å². The van der Waals surface area contributed by atoms with Crippen molar-refractivity contribution in [1.82, 2.24) is 10.6 Å². The zero-order valence-electron chi connectivity index (χ0n) is 15.4. The van der Waals surface area contributed by atoms with Crippen LogP contribution >= 0.6 is 0 Å². The number of benzene rings is 1. The summed E-state index contributed by atoms with van der Waals surface area (Å²) in [6.07, 6.45) is 0.395. The molecule has 0 saturated heterocycles. The number of nitrogens with two attached hydrogens (primary N) is 1. The van der Waals surface area contributed by atoms with Gasteiger partial charge >= 0.3 is 0 Å². The first-order chi connectivity index (χ1) is 11.1. The number of carbonyl (C=O) groups excluding carboxylic acids is 2. The fourth-order valence-corrected chi connectivity index (χ4v) is 2.38. The van der Waals surface area contributed by atoms with Crippen LogP contribution < -0.4 is 16.4 Å². The van der Waals surface area contributed by atoms with Gasteiger partial charge in [0.15, 0.2) is 0 Å². The highest BCUT2D eigenvalue weighted by Gasteiger charge is 2.27. The van der Waals surface area contributed by atoms with Crippen LogP contribution in [0.25, 0.3) is 0 Å². The molecule has 0 aromatic heterocycles. The lowest BCUT2D eigenvalue weighted by Gasteiger charge is -2.28. The van der Waals surface area contributed by atoms with Gasteiger partial charge in [-0.25, -0.2) is 0 Å². The van der Waals surface area contributed by atoms with E-state index in [0.29, 0.717) is 13.0 Å². The van der Waals surface area contributed by atoms with E-state index in [4.69, 9.17) is 5.73 Å². The van der Waals surface area contributed by atoms with E-state index in [9.17, 15) is 9.59 Å². The molecule has 0 spiro atoms. The fraction of sp³-hybridized carbons (Fsp3) is 0.579. The van der Waals surface area contributed by atoms with Crippen molar-refractivity contribution in [2.75, 3.05) is 6.54 Å². The monoisotopic (exact) mass is 333 g/mol. The highest BCUT2D eigenvalue weighted by Crippen LogP contribution is 2.13. The van der Waals surface area contributed by atoms with E-state index < -0.39 is 11.9 Å². The van der Waals surface area contributed by atoms with E-state index in [2.05, 4.69) is 31.4 Å². The van der Waals surface area contributed by atoms with E-state index in [1.165, 1.54) is 0 Å². The molecule has 1 aromatic carbocycles. The molecule has 0 aliphatic carbocycles. The molecule has 0 bridgehead atoms. The van der Waals surface area contributed by atoms with E-state index in [1.54, 1.807) is 0 Å². The largest absolute Gasteiger partial charge is 0.368 e. The molecule has 1 rings (SSSR count). The SMILES string of the molecule is CC(C)[C@H](NCC(C)(C)C)C(=O)N[C@@H](Cc1ccccc1)C(N)=O. The number of rotatable bonds is 8. The molecular formula is C19H31N3O2. The molecule has 2 amide bonds. The minimum absolute atomic E-state index is 0.0700. The smallest absolute Gasteiger partial charge is 0.240 e. The second kappa shape index (κ2) is 8.83. The number of hydrogen-bond donors (Lipinski definition) is 3. The maximum Gasteiger partial charge on any atom is 0.240 e. The van der Waals surface area contributed by atoms with Crippen molar-refractivity contribution in [3.63, 3.8) is 0 Å². The lowest BCUT2D eigenvalue weighted by Crippen LogP contribution is -2.55. The van der Waals surface area contributed by atoms with Crippen molar-refractivity contribution >= 4 is 11.8 Å². The Bertz CT molecular complexity index is 535. The third-order valence-corrected chi connectivity index (χ3v) is 3.74. The molecule has 0 radical (unpaired) electrons. The Morgan fingerprint density at radius 3 is 2.17 bits per heavy atom. The van der Waals surface area contributed by atoms with E-state index in [0.717, 1.165) is 5.56 Å². The molecule has 0 fully saturated rings. The second-order valence-electron chi connectivity index (χ2n) is 7.82. The Morgan fingerprint density at radius 2 is 1.71 bits per heavy atom. The molecule has 0 aliphatic rings. The van der Waals surface area contributed by atoms with Crippen molar-refractivity contribution in [3.05, 3.63) is 35.9 Å². The van der Waals surface area contributed by atoms with Gasteiger partial charge in [-0.2, -0.15) is 0 Å². The van der Waals surface area contributed by atoms with Gasteiger partial charge in [-0.3, -0.25) is 9.59 Å². The van der Waals surface area contributed by atoms with Crippen molar-refractivity contribution in [2.24, 2.45) is 17.1 Å². The summed E-state index contributed by atoms with van der Waals surface area (Å²) in [4.78, 5) is 24.4. The van der Waals surface area contributed by atoms with Crippen LogP contribution in [0.15, 0.2) is 30.3 Å². The lowest BCUT2D eigenvalue weighted by atomic mass is 9.94. The zero-order valence-corrected chi connectivity index (χ0v) is 15.4. The van der Waals surface area contributed by atoms with Gasteiger partial charge in [0, 0.05) is 13.0 Å². The van der Waals surface area contributed by atoms with Crippen molar-refractivity contribution in [2.45, 2.75) is 53.1 Å². The van der Waals surface area contributed by atoms with Gasteiger partial charge in [0.2, 0.25) is 11.8 Å². The first kappa shape index (κ1) is 20.2. The van der Waals surface area contributed by atoms with Gasteiger partial charge in [0.05, 0.1) is 6.04 Å². The van der Waals surface area contributed by atoms with Crippen molar-refractivity contribution < 1.29 is 9.59 Å². The first-order valence-electron chi connectivity index (χ1n) is 8.47. The highest BCUT2D eigenvalue weighted by molar-refractivity contribution is 5.89. The molecule has 0 unspecified atom stereocenters. The van der Waals surface area contributed by atoms with Crippen molar-refractivity contribution in [3.8, 4) is 0 Å². The minimum atomic E-state index is -0.711. The highest BCUT2D eigenvalue weighted by atomic mass is 16.2. The predicted molar refractivity (Wildman–Crippen MR) is 97.4 cm³/mol. The summed E-state index contributed by atoms with van der Waals surface area (Å²) < 4.78 is 0. The molecule has 0 aliphatic heterocycles. The zero-order chi connectivity index (χ0) is 18.3. The maximum atomic E-state index is 12.6. The van der Waals surface area contributed by atoms with Crippen LogP contribution in [0.2, 0.25) is 0 Å². The molecule has 134 valence electrons. The van der Waals surface area contributed by atoms with Gasteiger partial charge in [0.1, 0.15) is 6.04 Å². The normalized spacial score (nSPS) is 14.2. The topological polar surface area (TPSA) is 84.2 Å². The average molecular weight is 333 g/mol. The van der Waals surface area contributed by atoms with Gasteiger partial charge in [0.25, 0.3) is 0 Å². The summed E-state index contributed by atoms with van der Waals surface area (Å²) >= 11 is 0. The third kappa shape index (κ3) is 7.13. The summed E-state index contributed by atoms with van der Waals surface area (Å²) in [5.41, 5.74) is 6.51. The van der Waals surface area contributed by atoms with Crippen LogP contribution in [0.5, 0.6) is 0 Å². The molecule has 1 aromatic rings. The summed E-state index contributed by atoms with van der Waals surface area (Å²) in [5, 5.41) is 6.11. The maximum absolute atomic E-state index is 12.6. The van der Waals surface area contributed by atoms with E-state index in [1.807, 2.05) is 44.2 Å². The van der Waals surface area contributed by atoms with Crippen molar-refractivity contribution in [1.29, 1.82) is 0 Å². The molecule has 5 nitrogen and oxygen atoms in total. The molecule has 5 heteroatoms. The standard InChI is InChI=1S/C19H31N3O2/c1-13(2)16(21-12-19(3,4)5)18(24)22-15(17(20)23)11-14-9-7-6-8-10-14/h6-10,13,15-16,21H,11-12H2,1-5H3,(H2,20,23)(H,22,24)/t15-,16-/m0/s1. The Hall–Kier alpha value is -1.88. The van der Waals surface area contributed by atoms with Gasteiger partial charge in [-0.1, -0.05) is 65.0 Å². The van der Waals surface area contributed by atoms with Gasteiger partial charge in [-0.05, 0) is 16.9 Å². The fourth-order valence-electron chi connectivity index (χ4n) is 2.38. The Labute approximate surface area is 145 Å². The summed E-state index contributed by atoms with van der Waals surface area (Å²) in [6, 6.07) is 8.47. The van der Waals surface area contributed by atoms with Gasteiger partial charge in [-0.15, -0.1) is 0 Å². The summed E-state index contributed by atoms with van der Waals surface area (Å²) in [6.45, 7) is 11.0. The number of nitrogens with one attached hydrogen (secondary N) is 2. The minimum Gasteiger partial charge on any atom is -0.368 e. The lowest BCUT2D eigenvalue weighted by molar-refractivity contribution is -0.129. The number of carbonyl (C=O) groups is 2. The number of amides is 2. The molecule has 4 N–H and O–H groups in total. The molecule has 2 atom stereocenters. The average Bonchev–Trinajstić information content (AvgIpc) is 2.46. The second-order valence-corrected chi connectivity index (χ2v) is 7.82. The third-order valence-electron chi connectivity index (χ3n) is 3.74. The number of primary amides is 1. The summed E-state index contributed by atoms with van der Waals surface area (Å²) in [7, 11) is 0. The molecule has 0 saturated carbocycles. The Kier molecular flexibility index (Phi) is 7.42. The Balaban J connectivity index is 2.75. The molecule has 0 heterocycles. The quantitative estimate of drug-likeness (QED) is 0.679. The Morgan fingerprint density at radius 1 is 1.12 bits per heavy atom. The summed E-state index contributed by atoms with van der Waals surface area (Å²) in [5.74, 6) is -0.600. The first-order valence-corrected chi connectivity index (χ1v) is 8.47. The van der Waals surface area contributed by atoms with Crippen LogP contribution in [0, 0.1) is 11.3 Å². The number of hydrogen-bond acceptors (Lipinski definition) is 3. The van der Waals surface area contributed by atoms with Crippen LogP contribution in [-0.4, -0.2) is 30.4 Å². The van der Waals surface area contributed by atoms with Crippen LogP contribution in [0.3, 0.4) is 0 Å². The van der Waals surface area contributed by atoms with Crippen LogP contribution in [0.4, 0.5) is 0 Å². The van der Waals surface area contributed by atoms with Gasteiger partial charge < -0.3 is 16.4 Å². The van der Waals surface area contributed by atoms with Crippen LogP contribution in [0.1, 0.15) is 40.2 Å². The molecular weight excluding hydrogens is 302 g/mol. The van der Waals surface area contributed by atoms with E-state index >= 15 is 0 Å². The molecule has 24 heavy (non-hydrogen) atoms. The van der Waals surface area contributed by atoms with E-state index in [-0.39, 0.29) is 23.3 Å². The predicted octanol–water partition coefficient (Wildman–Crippen LogP) is 1.86.